The molecule has 0 aliphatic carbocycles. The van der Waals surface area contributed by atoms with Gasteiger partial charge in [-0.05, 0) is 179 Å². The zero-order chi connectivity index (χ0) is 82.4. The smallest absolute Gasteiger partial charge is 0.399 e. The van der Waals surface area contributed by atoms with Crippen molar-refractivity contribution in [3.05, 3.63) is 369 Å². The minimum absolute atomic E-state index is 0.343. The van der Waals surface area contributed by atoms with Gasteiger partial charge < -0.3 is 18.4 Å². The summed E-state index contributed by atoms with van der Waals surface area (Å²) in [6.45, 7) is 8.36. The Kier molecular flexibility index (Phi) is 16.2. The Labute approximate surface area is 724 Å². The molecule has 0 N–H and O–H groups in total. The normalized spacial score (nSPS) is 13.6. The molecule has 0 radical (unpaired) electrons. The Hall–Kier alpha value is -14.4. The molecule has 18 aromatic carbocycles. The average Bonchev–Trinajstić information content (AvgIpc) is 1.53. The van der Waals surface area contributed by atoms with E-state index in [9.17, 15) is 0 Å². The summed E-state index contributed by atoms with van der Waals surface area (Å²) in [5.41, 5.74) is 17.1. The third-order valence-electron chi connectivity index (χ3n) is 26.0. The molecule has 124 heavy (non-hydrogen) atoms. The van der Waals surface area contributed by atoms with Crippen LogP contribution in [0.5, 0.6) is 0 Å². The van der Waals surface area contributed by atoms with E-state index in [0.29, 0.717) is 11.0 Å². The molecule has 27 rings (SSSR count). The summed E-state index contributed by atoms with van der Waals surface area (Å²) < 4.78 is 26.9. The third-order valence-corrected chi connectivity index (χ3v) is 28.5. The number of aromatic nitrogens is 8. The monoisotopic (exact) mass is 1650 g/mol. The van der Waals surface area contributed by atoms with E-state index in [1.807, 2.05) is 53.0 Å². The Morgan fingerprint density at radius 3 is 1.12 bits per heavy atom. The van der Waals surface area contributed by atoms with E-state index in [0.717, 1.165) is 78.0 Å². The van der Waals surface area contributed by atoms with Crippen molar-refractivity contribution in [3.8, 4) is 34.3 Å². The van der Waals surface area contributed by atoms with E-state index < -0.39 is 0 Å². The maximum atomic E-state index is 6.93. The van der Waals surface area contributed by atoms with Gasteiger partial charge in [0.2, 0.25) is 0 Å². The molecule has 8 aromatic heterocycles. The van der Waals surface area contributed by atoms with Crippen LogP contribution in [-0.2, 0) is 9.31 Å². The predicted molar refractivity (Wildman–Crippen MR) is 525 cm³/mol. The van der Waals surface area contributed by atoms with E-state index in [-0.39, 0.29) is 18.3 Å². The van der Waals surface area contributed by atoms with Crippen molar-refractivity contribution >= 4 is 240 Å². The van der Waals surface area contributed by atoms with Crippen molar-refractivity contribution in [2.75, 3.05) is 0 Å². The van der Waals surface area contributed by atoms with Crippen LogP contribution in [0.1, 0.15) is 27.7 Å². The van der Waals surface area contributed by atoms with Crippen molar-refractivity contribution in [2.24, 2.45) is 0 Å². The van der Waals surface area contributed by atoms with Gasteiger partial charge in [-0.2, -0.15) is 0 Å². The molecule has 586 valence electrons. The summed E-state index contributed by atoms with van der Waals surface area (Å²) >= 11 is 10.7. The maximum Gasteiger partial charge on any atom is 0.494 e. The molecule has 0 amide bonds. The number of hydrogen-bond acceptors (Lipinski definition) is 8. The number of fused-ring (bicyclic) bond motifs is 32. The van der Waals surface area contributed by atoms with Gasteiger partial charge in [-0.3, -0.25) is 9.13 Å². The van der Waals surface area contributed by atoms with Crippen LogP contribution >= 0.6 is 34.3 Å². The first kappa shape index (κ1) is 72.4. The number of nitrogens with zero attached hydrogens (tertiary/aromatic N) is 8. The lowest BCUT2D eigenvalue weighted by atomic mass is 9.78. The van der Waals surface area contributed by atoms with E-state index in [2.05, 4.69) is 380 Å². The fourth-order valence-electron chi connectivity index (χ4n) is 19.7. The molecule has 1 fully saturated rings. The molecule has 9 heterocycles. The number of thiophene rings is 2. The summed E-state index contributed by atoms with van der Waals surface area (Å²) in [4.78, 5) is 20.9. The fourth-order valence-corrected chi connectivity index (χ4v) is 22.5. The van der Waals surface area contributed by atoms with Gasteiger partial charge in [0.1, 0.15) is 5.69 Å². The summed E-state index contributed by atoms with van der Waals surface area (Å²) in [7, 11) is -0.353. The second-order valence-corrected chi connectivity index (χ2v) is 35.8. The summed E-state index contributed by atoms with van der Waals surface area (Å²) in [5, 5.41) is 25.3. The van der Waals surface area contributed by atoms with Gasteiger partial charge in [-0.1, -0.05) is 272 Å². The number of para-hydroxylation sites is 10. The van der Waals surface area contributed by atoms with Gasteiger partial charge >= 0.3 is 7.12 Å². The molecular formula is C110H72BClN8O2S2. The van der Waals surface area contributed by atoms with Crippen LogP contribution < -0.4 is 5.46 Å². The van der Waals surface area contributed by atoms with Crippen molar-refractivity contribution in [1.82, 2.24) is 38.2 Å². The van der Waals surface area contributed by atoms with Gasteiger partial charge in [0, 0.05) is 91.0 Å². The van der Waals surface area contributed by atoms with Crippen LogP contribution in [0.4, 0.5) is 0 Å². The van der Waals surface area contributed by atoms with Gasteiger partial charge in [0.05, 0.1) is 86.8 Å². The van der Waals surface area contributed by atoms with Crippen molar-refractivity contribution in [2.45, 2.75) is 38.9 Å². The van der Waals surface area contributed by atoms with Crippen LogP contribution in [0, 0.1) is 0 Å². The molecular weight excluding hydrogens is 1580 g/mol. The molecule has 26 aromatic rings. The summed E-state index contributed by atoms with van der Waals surface area (Å²) in [6, 6.07) is 130. The SMILES string of the molecule is CC1(C)OB(c2ccc3c(c2)c2ccccc2n3-c2ccccc2)OC1(C)C.Clc1nc2ccccc2nc1-n1c2ccccc2c2c3ccccc3c3c(sc4ccc5ccccc5c43)c21.c1ccc(-n2c3ccccc3c3cc(-c4nc5ccccc5nc4-n4c5ccccc5c5c6ccccc6c6c(sc7ccc8ccccc8c76)c54)ccc32)cc1. The highest BCUT2D eigenvalue weighted by atomic mass is 35.5. The van der Waals surface area contributed by atoms with Gasteiger partial charge in [0.15, 0.2) is 16.8 Å². The molecule has 0 unspecified atom stereocenters. The Bertz CT molecular complexity index is 9000. The molecule has 1 aliphatic rings. The Morgan fingerprint density at radius 2 is 0.637 bits per heavy atom. The second-order valence-electron chi connectivity index (χ2n) is 33.4. The topological polar surface area (TPSA) is 89.7 Å². The van der Waals surface area contributed by atoms with Crippen LogP contribution in [0.2, 0.25) is 5.15 Å². The molecule has 1 saturated heterocycles. The molecule has 0 atom stereocenters. The predicted octanol–water partition coefficient (Wildman–Crippen LogP) is 29.3. The molecule has 0 spiro atoms. The van der Waals surface area contributed by atoms with E-state index >= 15 is 0 Å². The minimum Gasteiger partial charge on any atom is -0.399 e. The van der Waals surface area contributed by atoms with E-state index in [4.69, 9.17) is 40.8 Å². The number of hydrogen-bond donors (Lipinski definition) is 0. The van der Waals surface area contributed by atoms with E-state index in [1.54, 1.807) is 0 Å². The molecule has 0 bridgehead atoms. The summed E-state index contributed by atoms with van der Waals surface area (Å²) in [5.74, 6) is 1.48. The lowest BCUT2D eigenvalue weighted by molar-refractivity contribution is 0.00578. The van der Waals surface area contributed by atoms with Crippen LogP contribution in [0.25, 0.3) is 227 Å². The highest BCUT2D eigenvalue weighted by Crippen LogP contribution is 2.53. The molecule has 10 nitrogen and oxygen atoms in total. The number of halogens is 1. The fraction of sp³-hybridized carbons (Fsp3) is 0.0545. The highest BCUT2D eigenvalue weighted by molar-refractivity contribution is 7.27. The standard InChI is InChI=1S/C52H30N4S.C34H18ClN3S.C24H24BNO2/c1-2-15-33(16-3-1)55-42-24-12-8-18-35(42)39-30-32(26-28-44(39)55)49-52(54-41-23-11-10-22-40(41)53-49)56-43-25-13-9-21-38(43)46-36-19-6-7-20-37(36)48-47-34-17-5-4-14-31(34)27-29-45(47)57-51(48)50(46)56;35-33-34(37-25-15-7-6-14-24(25)36-33)38-26-16-8-5-13-23(26)28-21-11-3-4-12-22(21)30-29-20-10-2-1-9-19(20)17-18-27(29)39-32(30)31(28)38;1-23(2)24(3,4)28-25(27-23)17-14-15-22-20(16-17)19-12-8-9-13-21(19)26(22)18-10-6-5-7-11-18/h1-30H;1-18H;5-16H,1-4H3. The van der Waals surface area contributed by atoms with Crippen LogP contribution in [-0.4, -0.2) is 56.5 Å². The number of benzene rings is 18. The zero-order valence-electron chi connectivity index (χ0n) is 67.8. The van der Waals surface area contributed by atoms with Crippen molar-refractivity contribution < 1.29 is 9.31 Å². The Balaban J connectivity index is 0.000000109. The second kappa shape index (κ2) is 27.8. The highest BCUT2D eigenvalue weighted by Gasteiger charge is 2.52. The van der Waals surface area contributed by atoms with Gasteiger partial charge in [-0.25, -0.2) is 19.9 Å². The molecule has 1 aliphatic heterocycles. The van der Waals surface area contributed by atoms with Gasteiger partial charge in [-0.15, -0.1) is 22.7 Å². The first-order valence-electron chi connectivity index (χ1n) is 42.0. The lowest BCUT2D eigenvalue weighted by Crippen LogP contribution is -2.41. The van der Waals surface area contributed by atoms with Crippen LogP contribution in [0.15, 0.2) is 364 Å². The maximum absolute atomic E-state index is 6.93. The quantitative estimate of drug-likeness (QED) is 0.154. The first-order chi connectivity index (χ1) is 60.9. The number of rotatable bonds is 6. The lowest BCUT2D eigenvalue weighted by Gasteiger charge is -2.32. The Morgan fingerprint density at radius 1 is 0.282 bits per heavy atom. The van der Waals surface area contributed by atoms with Crippen molar-refractivity contribution in [3.63, 3.8) is 0 Å². The molecule has 0 saturated carbocycles. The minimum atomic E-state index is -0.353. The summed E-state index contributed by atoms with van der Waals surface area (Å²) in [6.07, 6.45) is 0. The van der Waals surface area contributed by atoms with E-state index in [1.165, 1.54) is 149 Å². The van der Waals surface area contributed by atoms with Crippen molar-refractivity contribution in [1.29, 1.82) is 0 Å². The molecule has 14 heteroatoms. The third kappa shape index (κ3) is 10.9. The van der Waals surface area contributed by atoms with Crippen LogP contribution in [0.3, 0.4) is 0 Å². The average molecular weight is 1650 g/mol. The zero-order valence-corrected chi connectivity index (χ0v) is 70.2. The largest absolute Gasteiger partial charge is 0.494 e. The first-order valence-corrected chi connectivity index (χ1v) is 44.0. The van der Waals surface area contributed by atoms with Gasteiger partial charge in [0.25, 0.3) is 0 Å².